The van der Waals surface area contributed by atoms with E-state index in [4.69, 9.17) is 4.74 Å². The van der Waals surface area contributed by atoms with Crippen LogP contribution in [0.1, 0.15) is 11.1 Å². The van der Waals surface area contributed by atoms with Gasteiger partial charge in [-0.05, 0) is 11.6 Å². The van der Waals surface area contributed by atoms with Crippen molar-refractivity contribution in [3.63, 3.8) is 0 Å². The molecule has 18 heavy (non-hydrogen) atoms. The zero-order valence-electron chi connectivity index (χ0n) is 9.68. The SMILES string of the molecule is O=C([CH]c1ccccc1)OCc1ccccc1Br. The van der Waals surface area contributed by atoms with Gasteiger partial charge in [-0.1, -0.05) is 64.5 Å². The number of rotatable bonds is 4. The molecule has 0 amide bonds. The molecule has 0 saturated carbocycles. The molecule has 0 N–H and O–H groups in total. The quantitative estimate of drug-likeness (QED) is 0.804. The van der Waals surface area contributed by atoms with Crippen molar-refractivity contribution in [3.8, 4) is 0 Å². The van der Waals surface area contributed by atoms with E-state index >= 15 is 0 Å². The molecular formula is C15H12BrO2. The summed E-state index contributed by atoms with van der Waals surface area (Å²) < 4.78 is 6.13. The van der Waals surface area contributed by atoms with Gasteiger partial charge in [0.1, 0.15) is 6.61 Å². The third-order valence-electron chi connectivity index (χ3n) is 2.41. The molecule has 0 aliphatic heterocycles. The van der Waals surface area contributed by atoms with Crippen LogP contribution in [-0.2, 0) is 16.1 Å². The first-order valence-electron chi connectivity index (χ1n) is 5.55. The second kappa shape index (κ2) is 6.36. The van der Waals surface area contributed by atoms with Crippen molar-refractivity contribution in [2.45, 2.75) is 6.61 Å². The Morgan fingerprint density at radius 2 is 1.72 bits per heavy atom. The maximum Gasteiger partial charge on any atom is 0.314 e. The highest BCUT2D eigenvalue weighted by molar-refractivity contribution is 9.10. The lowest BCUT2D eigenvalue weighted by atomic mass is 10.1. The topological polar surface area (TPSA) is 26.3 Å². The molecule has 0 aliphatic carbocycles. The normalized spacial score (nSPS) is 10.1. The molecule has 91 valence electrons. The Morgan fingerprint density at radius 3 is 2.44 bits per heavy atom. The van der Waals surface area contributed by atoms with Gasteiger partial charge in [0.05, 0.1) is 6.42 Å². The van der Waals surface area contributed by atoms with Crippen molar-refractivity contribution in [3.05, 3.63) is 76.6 Å². The molecule has 0 unspecified atom stereocenters. The van der Waals surface area contributed by atoms with E-state index in [0.717, 1.165) is 15.6 Å². The number of carbonyl (C=O) groups is 1. The standard InChI is InChI=1S/C15H12BrO2/c16-14-9-5-4-8-13(14)11-18-15(17)10-12-6-2-1-3-7-12/h1-10H,11H2. The van der Waals surface area contributed by atoms with E-state index in [9.17, 15) is 4.79 Å². The van der Waals surface area contributed by atoms with Gasteiger partial charge in [-0.25, -0.2) is 0 Å². The van der Waals surface area contributed by atoms with Gasteiger partial charge in [0.2, 0.25) is 0 Å². The van der Waals surface area contributed by atoms with E-state index in [-0.39, 0.29) is 12.6 Å². The van der Waals surface area contributed by atoms with Gasteiger partial charge in [0, 0.05) is 10.0 Å². The first-order chi connectivity index (χ1) is 8.75. The van der Waals surface area contributed by atoms with Crippen LogP contribution in [0.2, 0.25) is 0 Å². The van der Waals surface area contributed by atoms with Crippen LogP contribution in [0.15, 0.2) is 59.1 Å². The highest BCUT2D eigenvalue weighted by Crippen LogP contribution is 2.17. The smallest absolute Gasteiger partial charge is 0.314 e. The van der Waals surface area contributed by atoms with Crippen LogP contribution >= 0.6 is 15.9 Å². The second-order valence-electron chi connectivity index (χ2n) is 3.75. The largest absolute Gasteiger partial charge is 0.460 e. The highest BCUT2D eigenvalue weighted by atomic mass is 79.9. The third-order valence-corrected chi connectivity index (χ3v) is 3.19. The summed E-state index contributed by atoms with van der Waals surface area (Å²) in [6.07, 6.45) is 1.48. The predicted octanol–water partition coefficient (Wildman–Crippen LogP) is 3.74. The third kappa shape index (κ3) is 3.70. The van der Waals surface area contributed by atoms with Gasteiger partial charge in [0.15, 0.2) is 0 Å². The summed E-state index contributed by atoms with van der Waals surface area (Å²) in [5.41, 5.74) is 1.79. The molecule has 2 rings (SSSR count). The van der Waals surface area contributed by atoms with Gasteiger partial charge in [-0.15, -0.1) is 0 Å². The maximum atomic E-state index is 11.6. The minimum atomic E-state index is -0.336. The average Bonchev–Trinajstić information content (AvgIpc) is 2.39. The molecule has 2 aromatic rings. The van der Waals surface area contributed by atoms with Crippen molar-refractivity contribution < 1.29 is 9.53 Å². The number of halogens is 1. The van der Waals surface area contributed by atoms with E-state index in [1.165, 1.54) is 6.42 Å². The van der Waals surface area contributed by atoms with E-state index < -0.39 is 0 Å². The molecular weight excluding hydrogens is 292 g/mol. The van der Waals surface area contributed by atoms with Gasteiger partial charge in [-0.3, -0.25) is 4.79 Å². The molecule has 0 aliphatic rings. The van der Waals surface area contributed by atoms with Crippen LogP contribution in [0.4, 0.5) is 0 Å². The second-order valence-corrected chi connectivity index (χ2v) is 4.61. The minimum absolute atomic E-state index is 0.267. The summed E-state index contributed by atoms with van der Waals surface area (Å²) in [5, 5.41) is 0. The molecule has 0 bridgehead atoms. The first-order valence-corrected chi connectivity index (χ1v) is 6.35. The number of esters is 1. The first kappa shape index (κ1) is 12.8. The predicted molar refractivity (Wildman–Crippen MR) is 73.8 cm³/mol. The Hall–Kier alpha value is -1.61. The Bertz CT molecular complexity index is 523. The number of hydrogen-bond donors (Lipinski definition) is 0. The van der Waals surface area contributed by atoms with Crippen LogP contribution in [0.3, 0.4) is 0 Å². The lowest BCUT2D eigenvalue weighted by molar-refractivity contribution is -0.140. The van der Waals surface area contributed by atoms with Gasteiger partial charge < -0.3 is 4.74 Å². The fourth-order valence-electron chi connectivity index (χ4n) is 1.49. The minimum Gasteiger partial charge on any atom is -0.460 e. The van der Waals surface area contributed by atoms with Gasteiger partial charge >= 0.3 is 5.97 Å². The van der Waals surface area contributed by atoms with Gasteiger partial charge in [-0.2, -0.15) is 0 Å². The monoisotopic (exact) mass is 303 g/mol. The van der Waals surface area contributed by atoms with E-state index in [1.54, 1.807) is 0 Å². The van der Waals surface area contributed by atoms with E-state index in [1.807, 2.05) is 54.6 Å². The van der Waals surface area contributed by atoms with Crippen LogP contribution in [0.25, 0.3) is 0 Å². The number of benzene rings is 2. The molecule has 0 spiro atoms. The van der Waals surface area contributed by atoms with E-state index in [0.29, 0.717) is 0 Å². The Balaban J connectivity index is 1.88. The van der Waals surface area contributed by atoms with Crippen molar-refractivity contribution in [2.75, 3.05) is 0 Å². The summed E-state index contributed by atoms with van der Waals surface area (Å²) in [6.45, 7) is 0.267. The van der Waals surface area contributed by atoms with Crippen molar-refractivity contribution >= 4 is 21.9 Å². The van der Waals surface area contributed by atoms with Crippen molar-refractivity contribution in [1.82, 2.24) is 0 Å². The van der Waals surface area contributed by atoms with Crippen LogP contribution in [0.5, 0.6) is 0 Å². The summed E-state index contributed by atoms with van der Waals surface area (Å²) in [7, 11) is 0. The Kier molecular flexibility index (Phi) is 4.53. The molecule has 0 saturated heterocycles. The summed E-state index contributed by atoms with van der Waals surface area (Å²) in [4.78, 5) is 11.6. The highest BCUT2D eigenvalue weighted by Gasteiger charge is 2.06. The zero-order chi connectivity index (χ0) is 12.8. The molecule has 2 aromatic carbocycles. The molecule has 0 fully saturated rings. The lowest BCUT2D eigenvalue weighted by Crippen LogP contribution is -2.06. The van der Waals surface area contributed by atoms with Crippen LogP contribution in [0, 0.1) is 6.42 Å². The van der Waals surface area contributed by atoms with Gasteiger partial charge in [0.25, 0.3) is 0 Å². The number of carbonyl (C=O) groups excluding carboxylic acids is 1. The number of ether oxygens (including phenoxy) is 1. The van der Waals surface area contributed by atoms with Crippen LogP contribution < -0.4 is 0 Å². The fraction of sp³-hybridized carbons (Fsp3) is 0.0667. The maximum absolute atomic E-state index is 11.6. The van der Waals surface area contributed by atoms with Crippen molar-refractivity contribution in [1.29, 1.82) is 0 Å². The molecule has 0 atom stereocenters. The fourth-order valence-corrected chi connectivity index (χ4v) is 1.89. The molecule has 2 nitrogen and oxygen atoms in total. The zero-order valence-corrected chi connectivity index (χ0v) is 11.3. The Morgan fingerprint density at radius 1 is 1.06 bits per heavy atom. The van der Waals surface area contributed by atoms with E-state index in [2.05, 4.69) is 15.9 Å². The molecule has 0 heterocycles. The Labute approximate surface area is 115 Å². The molecule has 1 radical (unpaired) electrons. The summed E-state index contributed by atoms with van der Waals surface area (Å²) in [6, 6.07) is 17.1. The van der Waals surface area contributed by atoms with Crippen LogP contribution in [-0.4, -0.2) is 5.97 Å². The summed E-state index contributed by atoms with van der Waals surface area (Å²) in [5.74, 6) is -0.336. The lowest BCUT2D eigenvalue weighted by Gasteiger charge is -2.06. The summed E-state index contributed by atoms with van der Waals surface area (Å²) >= 11 is 3.41. The molecule has 0 aromatic heterocycles. The molecule has 3 heteroatoms. The average molecular weight is 304 g/mol. The van der Waals surface area contributed by atoms with Crippen molar-refractivity contribution in [2.24, 2.45) is 0 Å². The number of hydrogen-bond acceptors (Lipinski definition) is 2.